The molecular weight excluding hydrogens is 399 g/mol. The summed E-state index contributed by atoms with van der Waals surface area (Å²) in [4.78, 5) is 13.3. The van der Waals surface area contributed by atoms with Gasteiger partial charge in [0.15, 0.2) is 0 Å². The van der Waals surface area contributed by atoms with Crippen LogP contribution in [0.25, 0.3) is 5.69 Å². The van der Waals surface area contributed by atoms with Gasteiger partial charge >= 0.3 is 6.18 Å². The van der Waals surface area contributed by atoms with Crippen LogP contribution in [-0.2, 0) is 12.7 Å². The summed E-state index contributed by atoms with van der Waals surface area (Å²) in [5.74, 6) is -1.73. The van der Waals surface area contributed by atoms with E-state index < -0.39 is 12.0 Å². The first-order chi connectivity index (χ1) is 13.3. The lowest BCUT2D eigenvalue weighted by molar-refractivity contribution is -0.145. The molecule has 0 radical (unpaired) electrons. The van der Waals surface area contributed by atoms with Crippen LogP contribution in [-0.4, -0.2) is 42.4 Å². The molecule has 1 aromatic carbocycles. The van der Waals surface area contributed by atoms with Gasteiger partial charge in [-0.3, -0.25) is 4.79 Å². The van der Waals surface area contributed by atoms with E-state index >= 15 is 0 Å². The second-order valence-electron chi connectivity index (χ2n) is 5.78. The molecule has 12 heteroatoms. The van der Waals surface area contributed by atoms with Crippen LogP contribution in [0.5, 0.6) is 0 Å². The predicted octanol–water partition coefficient (Wildman–Crippen LogP) is 2.72. The van der Waals surface area contributed by atoms with E-state index in [9.17, 15) is 18.0 Å². The van der Waals surface area contributed by atoms with E-state index in [0.29, 0.717) is 17.3 Å². The molecule has 3 rings (SSSR count). The van der Waals surface area contributed by atoms with Crippen LogP contribution in [0.1, 0.15) is 35.4 Å². The van der Waals surface area contributed by atoms with Crippen molar-refractivity contribution in [3.05, 3.63) is 52.6 Å². The van der Waals surface area contributed by atoms with Gasteiger partial charge in [-0.25, -0.2) is 4.68 Å². The van der Waals surface area contributed by atoms with Crippen LogP contribution >= 0.6 is 11.6 Å². The summed E-state index contributed by atoms with van der Waals surface area (Å²) in [6, 6.07) is 8.21. The van der Waals surface area contributed by atoms with E-state index in [2.05, 4.69) is 25.8 Å². The predicted molar refractivity (Wildman–Crippen MR) is 93.1 cm³/mol. The molecule has 148 valence electrons. The summed E-state index contributed by atoms with van der Waals surface area (Å²) in [6.07, 6.45) is -3.96. The first-order valence-corrected chi connectivity index (χ1v) is 8.64. The average molecular weight is 414 g/mol. The number of carbonyl (C=O) groups excluding carboxylic acids is 1. The highest BCUT2D eigenvalue weighted by atomic mass is 35.5. The number of tetrazole rings is 1. The number of nitrogens with one attached hydrogen (secondary N) is 1. The van der Waals surface area contributed by atoms with Crippen molar-refractivity contribution < 1.29 is 18.0 Å². The number of amides is 1. The monoisotopic (exact) mass is 413 g/mol. The minimum Gasteiger partial charge on any atom is -0.351 e. The Kier molecular flexibility index (Phi) is 5.63. The van der Waals surface area contributed by atoms with E-state index in [1.807, 2.05) is 6.92 Å². The van der Waals surface area contributed by atoms with Crippen LogP contribution in [0, 0.1) is 0 Å². The number of aromatic nitrogens is 6. The molecule has 28 heavy (non-hydrogen) atoms. The molecule has 8 nitrogen and oxygen atoms in total. The molecule has 2 heterocycles. The zero-order chi connectivity index (χ0) is 20.3. The molecule has 0 bridgehead atoms. The molecule has 0 spiro atoms. The van der Waals surface area contributed by atoms with Crippen LogP contribution < -0.4 is 5.32 Å². The summed E-state index contributed by atoms with van der Waals surface area (Å²) < 4.78 is 39.2. The third-order valence-corrected chi connectivity index (χ3v) is 3.94. The third-order valence-electron chi connectivity index (χ3n) is 3.62. The van der Waals surface area contributed by atoms with Crippen LogP contribution in [0.3, 0.4) is 0 Å². The number of carbonyl (C=O) groups is 1. The molecular formula is C16H15ClF3N7O. The van der Waals surface area contributed by atoms with Gasteiger partial charge < -0.3 is 5.32 Å². The second-order valence-corrected chi connectivity index (χ2v) is 6.19. The zero-order valence-corrected chi connectivity index (χ0v) is 15.4. The molecule has 0 saturated carbocycles. The molecule has 2 aromatic heterocycles. The highest BCUT2D eigenvalue weighted by Crippen LogP contribution is 2.25. The summed E-state index contributed by atoms with van der Waals surface area (Å²) in [7, 11) is 0. The fourth-order valence-electron chi connectivity index (χ4n) is 2.37. The standard InChI is InChI=1S/C16H15ClF3N7O/c1-2-7-21-14(28)13-8-10(9-26-24-15(22-25-26)16(18,19)20)23-27(13)12-6-4-3-5-11(12)17/h3-6,8H,2,7,9H2,1H3,(H,21,28). The number of para-hydroxylation sites is 1. The Bertz CT molecular complexity index is 983. The minimum atomic E-state index is -4.69. The van der Waals surface area contributed by atoms with E-state index in [-0.39, 0.29) is 23.8 Å². The zero-order valence-electron chi connectivity index (χ0n) is 14.6. The van der Waals surface area contributed by atoms with Crippen molar-refractivity contribution in [2.75, 3.05) is 6.54 Å². The van der Waals surface area contributed by atoms with Crippen molar-refractivity contribution in [3.8, 4) is 5.69 Å². The second kappa shape index (κ2) is 7.97. The highest BCUT2D eigenvalue weighted by Gasteiger charge is 2.36. The molecule has 0 aliphatic heterocycles. The third kappa shape index (κ3) is 4.30. The quantitative estimate of drug-likeness (QED) is 0.671. The van der Waals surface area contributed by atoms with E-state index in [1.165, 1.54) is 10.7 Å². The Morgan fingerprint density at radius 2 is 2.00 bits per heavy atom. The number of rotatable bonds is 6. The van der Waals surface area contributed by atoms with Gasteiger partial charge in [-0.15, -0.1) is 10.2 Å². The number of nitrogens with zero attached hydrogens (tertiary/aromatic N) is 6. The Morgan fingerprint density at radius 1 is 1.25 bits per heavy atom. The highest BCUT2D eigenvalue weighted by molar-refractivity contribution is 6.32. The first-order valence-electron chi connectivity index (χ1n) is 8.26. The summed E-state index contributed by atoms with van der Waals surface area (Å²) in [5.41, 5.74) is 0.917. The fourth-order valence-corrected chi connectivity index (χ4v) is 2.59. The first kappa shape index (κ1) is 19.8. The van der Waals surface area contributed by atoms with E-state index in [4.69, 9.17) is 11.6 Å². The number of hydrogen-bond donors (Lipinski definition) is 1. The van der Waals surface area contributed by atoms with Gasteiger partial charge in [0.05, 0.1) is 16.4 Å². The summed E-state index contributed by atoms with van der Waals surface area (Å²) in [6.45, 7) is 2.17. The molecule has 0 unspecified atom stereocenters. The summed E-state index contributed by atoms with van der Waals surface area (Å²) >= 11 is 6.21. The molecule has 1 N–H and O–H groups in total. The number of hydrogen-bond acceptors (Lipinski definition) is 5. The van der Waals surface area contributed by atoms with Gasteiger partial charge in [-0.05, 0) is 29.8 Å². The maximum atomic E-state index is 12.6. The van der Waals surface area contributed by atoms with Crippen molar-refractivity contribution in [1.29, 1.82) is 0 Å². The van der Waals surface area contributed by atoms with Crippen LogP contribution in [0.4, 0.5) is 13.2 Å². The molecule has 3 aromatic rings. The molecule has 0 aliphatic rings. The van der Waals surface area contributed by atoms with Crippen LogP contribution in [0.15, 0.2) is 30.3 Å². The van der Waals surface area contributed by atoms with E-state index in [1.54, 1.807) is 24.3 Å². The van der Waals surface area contributed by atoms with Gasteiger partial charge in [0, 0.05) is 6.54 Å². The molecule has 0 atom stereocenters. The van der Waals surface area contributed by atoms with Crippen molar-refractivity contribution in [1.82, 2.24) is 35.3 Å². The average Bonchev–Trinajstić information content (AvgIpc) is 3.27. The maximum Gasteiger partial charge on any atom is 0.455 e. The molecule has 0 saturated heterocycles. The van der Waals surface area contributed by atoms with Gasteiger partial charge in [0.2, 0.25) is 0 Å². The largest absolute Gasteiger partial charge is 0.455 e. The minimum absolute atomic E-state index is 0.188. The topological polar surface area (TPSA) is 90.5 Å². The Morgan fingerprint density at radius 3 is 2.64 bits per heavy atom. The normalized spacial score (nSPS) is 11.6. The van der Waals surface area contributed by atoms with Gasteiger partial charge in [-0.2, -0.15) is 23.1 Å². The molecule has 0 aliphatic carbocycles. The van der Waals surface area contributed by atoms with Crippen LogP contribution in [0.2, 0.25) is 5.02 Å². The molecule has 0 fully saturated rings. The van der Waals surface area contributed by atoms with Gasteiger partial charge in [-0.1, -0.05) is 30.7 Å². The van der Waals surface area contributed by atoms with Crippen molar-refractivity contribution in [2.24, 2.45) is 0 Å². The number of benzene rings is 1. The SMILES string of the molecule is CCCNC(=O)c1cc(Cn2nnc(C(F)(F)F)n2)nn1-c1ccccc1Cl. The lowest BCUT2D eigenvalue weighted by Gasteiger charge is -2.09. The van der Waals surface area contributed by atoms with Gasteiger partial charge in [0.25, 0.3) is 11.7 Å². The maximum absolute atomic E-state index is 12.6. The molecule has 1 amide bonds. The van der Waals surface area contributed by atoms with Gasteiger partial charge in [0.1, 0.15) is 12.2 Å². The Balaban J connectivity index is 1.96. The van der Waals surface area contributed by atoms with Crippen molar-refractivity contribution in [3.63, 3.8) is 0 Å². The van der Waals surface area contributed by atoms with Crippen molar-refractivity contribution >= 4 is 17.5 Å². The van der Waals surface area contributed by atoms with E-state index in [0.717, 1.165) is 11.2 Å². The fraction of sp³-hybridized carbons (Fsp3) is 0.312. The number of alkyl halides is 3. The number of halogens is 4. The van der Waals surface area contributed by atoms with Crippen molar-refractivity contribution in [2.45, 2.75) is 26.1 Å². The summed E-state index contributed by atoms with van der Waals surface area (Å²) in [5, 5.41) is 17.1. The smallest absolute Gasteiger partial charge is 0.351 e. The lowest BCUT2D eigenvalue weighted by atomic mass is 10.3. The Labute approximate surface area is 162 Å². The lowest BCUT2D eigenvalue weighted by Crippen LogP contribution is -2.26. The Hall–Kier alpha value is -2.95.